The fraction of sp³-hybridized carbons (Fsp3) is 0. The first-order valence-electron chi connectivity index (χ1n) is 0. The smallest absolute Gasteiger partial charge is 0.870 e. The third-order valence-electron chi connectivity index (χ3n) is 0. The van der Waals surface area contributed by atoms with Gasteiger partial charge in [0.1, 0.15) is 0 Å². The zero-order chi connectivity index (χ0) is 0. The van der Waals surface area contributed by atoms with Crippen LogP contribution >= 0.6 is 0 Å². The van der Waals surface area contributed by atoms with Gasteiger partial charge in [-0.3, -0.25) is 0 Å². The van der Waals surface area contributed by atoms with E-state index >= 15 is 0 Å². The zero-order valence-corrected chi connectivity index (χ0v) is 6.41. The van der Waals surface area contributed by atoms with Gasteiger partial charge in [-0.15, -0.1) is 0 Å². The van der Waals surface area contributed by atoms with Gasteiger partial charge in [0, 0.05) is 0 Å². The molecular formula is H3O3Tl. The molecule has 3 nitrogen and oxygen atoms in total. The molecule has 0 aliphatic carbocycles. The Labute approximate surface area is 44.1 Å². The number of hydrogen-bond acceptors (Lipinski definition) is 3. The fourth-order valence-electron chi connectivity index (χ4n) is 0. The van der Waals surface area contributed by atoms with Gasteiger partial charge in [0.2, 0.25) is 0 Å². The summed E-state index contributed by atoms with van der Waals surface area (Å²) in [6.45, 7) is 0. The molecule has 3 N–H and O–H groups in total. The molecule has 4 heteroatoms. The molecule has 0 atom stereocenters. The van der Waals surface area contributed by atoms with E-state index in [1.165, 1.54) is 0 Å². The van der Waals surface area contributed by atoms with Crippen LogP contribution in [-0.2, 0) is 0 Å². The van der Waals surface area contributed by atoms with Crippen molar-refractivity contribution in [3.05, 3.63) is 0 Å². The zero-order valence-electron chi connectivity index (χ0n) is 1.92. The predicted octanol–water partition coefficient (Wildman–Crippen LogP) is -0.911. The first-order chi connectivity index (χ1) is 0. The van der Waals surface area contributed by atoms with Crippen LogP contribution in [0.25, 0.3) is 0 Å². The Hall–Kier alpha value is 0.802. The topological polar surface area (TPSA) is 90.0 Å². The minimum atomic E-state index is 0. The molecule has 0 saturated heterocycles. The van der Waals surface area contributed by atoms with Crippen molar-refractivity contribution in [1.82, 2.24) is 0 Å². The van der Waals surface area contributed by atoms with E-state index < -0.39 is 0 Å². The van der Waals surface area contributed by atoms with Crippen molar-refractivity contribution in [2.24, 2.45) is 0 Å². The van der Waals surface area contributed by atoms with Gasteiger partial charge in [0.15, 0.2) is 0 Å². The van der Waals surface area contributed by atoms with Crippen molar-refractivity contribution in [3.63, 3.8) is 0 Å². The van der Waals surface area contributed by atoms with E-state index in [2.05, 4.69) is 0 Å². The van der Waals surface area contributed by atoms with Crippen molar-refractivity contribution >= 4 is 27.3 Å². The maximum atomic E-state index is 0. The number of rotatable bonds is 0. The average molecular weight is 255 g/mol. The molecule has 0 radical (unpaired) electrons. The van der Waals surface area contributed by atoms with Crippen LogP contribution in [0.4, 0.5) is 0 Å². The molecule has 0 amide bonds. The summed E-state index contributed by atoms with van der Waals surface area (Å²) in [6, 6.07) is 0. The largest absolute Gasteiger partial charge is 3.00 e. The van der Waals surface area contributed by atoms with Crippen LogP contribution < -0.4 is 0 Å². The third kappa shape index (κ3) is 14.1. The second kappa shape index (κ2) is 46.4. The molecular weight excluding hydrogens is 252 g/mol. The van der Waals surface area contributed by atoms with Gasteiger partial charge < -0.3 is 16.4 Å². The molecule has 0 aromatic heterocycles. The van der Waals surface area contributed by atoms with Crippen LogP contribution in [0.15, 0.2) is 0 Å². The molecule has 0 heterocycles. The molecule has 0 rings (SSSR count). The van der Waals surface area contributed by atoms with Crippen molar-refractivity contribution < 1.29 is 16.4 Å². The Morgan fingerprint density at radius 2 is 0.500 bits per heavy atom. The van der Waals surface area contributed by atoms with Crippen LogP contribution in [0.1, 0.15) is 0 Å². The summed E-state index contributed by atoms with van der Waals surface area (Å²) < 4.78 is 0. The van der Waals surface area contributed by atoms with E-state index in [0.717, 1.165) is 0 Å². The van der Waals surface area contributed by atoms with E-state index in [0.29, 0.717) is 0 Å². The molecule has 0 saturated carbocycles. The van der Waals surface area contributed by atoms with Crippen molar-refractivity contribution in [1.29, 1.82) is 0 Å². The third-order valence-corrected chi connectivity index (χ3v) is 0. The molecule has 4 heavy (non-hydrogen) atoms. The Kier molecular flexibility index (Phi) is 1250. The van der Waals surface area contributed by atoms with Crippen LogP contribution in [0.5, 0.6) is 0 Å². The molecule has 0 aliphatic heterocycles. The second-order valence-corrected chi connectivity index (χ2v) is 0. The normalized spacial score (nSPS) is 0. The summed E-state index contributed by atoms with van der Waals surface area (Å²) >= 11 is 0. The Bertz CT molecular complexity index is 3.25. The first kappa shape index (κ1) is 108. The van der Waals surface area contributed by atoms with Crippen molar-refractivity contribution in [2.75, 3.05) is 0 Å². The van der Waals surface area contributed by atoms with E-state index in [4.69, 9.17) is 0 Å². The van der Waals surface area contributed by atoms with Gasteiger partial charge in [-0.2, -0.15) is 0 Å². The summed E-state index contributed by atoms with van der Waals surface area (Å²) in [5.41, 5.74) is 0. The number of hydrogen-bond donors (Lipinski definition) is 0. The first-order valence-corrected chi connectivity index (χ1v) is 0. The fourth-order valence-corrected chi connectivity index (χ4v) is 0. The summed E-state index contributed by atoms with van der Waals surface area (Å²) in [7, 11) is 0. The van der Waals surface area contributed by atoms with Gasteiger partial charge in [-0.25, -0.2) is 0 Å². The van der Waals surface area contributed by atoms with E-state index in [1.807, 2.05) is 0 Å². The standard InChI is InChI=1S/3H2O.Tl/h3*1H2;/q;;;+3/p-3. The minimum absolute atomic E-state index is 0. The molecule has 0 aromatic rings. The van der Waals surface area contributed by atoms with Gasteiger partial charge >= 0.3 is 27.3 Å². The summed E-state index contributed by atoms with van der Waals surface area (Å²) in [6.07, 6.45) is 0. The maximum Gasteiger partial charge on any atom is 3.00 e. The maximum absolute atomic E-state index is 0. The summed E-state index contributed by atoms with van der Waals surface area (Å²) in [5, 5.41) is 0. The molecule has 0 spiro atoms. The average Bonchev–Trinajstić information content (AvgIpc) is 0. The second-order valence-electron chi connectivity index (χ2n) is 0. The Balaban J connectivity index is 0. The molecule has 0 aromatic carbocycles. The Morgan fingerprint density at radius 3 is 0.500 bits per heavy atom. The van der Waals surface area contributed by atoms with Crippen molar-refractivity contribution in [3.8, 4) is 0 Å². The van der Waals surface area contributed by atoms with Gasteiger partial charge in [-0.05, 0) is 0 Å². The van der Waals surface area contributed by atoms with E-state index in [-0.39, 0.29) is 43.7 Å². The van der Waals surface area contributed by atoms with Crippen LogP contribution in [0.2, 0.25) is 0 Å². The predicted molar refractivity (Wildman–Crippen MR) is 11.6 cm³/mol. The van der Waals surface area contributed by atoms with Crippen LogP contribution in [-0.4, -0.2) is 43.7 Å². The minimum Gasteiger partial charge on any atom is -0.870 e. The van der Waals surface area contributed by atoms with Crippen LogP contribution in [0, 0.1) is 0 Å². The molecule has 24 valence electrons. The van der Waals surface area contributed by atoms with Gasteiger partial charge in [0.05, 0.1) is 0 Å². The molecule has 0 fully saturated rings. The Morgan fingerprint density at radius 1 is 0.500 bits per heavy atom. The molecule has 0 unspecified atom stereocenters. The quantitative estimate of drug-likeness (QED) is 0.525. The van der Waals surface area contributed by atoms with E-state index in [9.17, 15) is 0 Å². The van der Waals surface area contributed by atoms with Gasteiger partial charge in [0.25, 0.3) is 0 Å². The SMILES string of the molecule is [OH-].[OH-].[OH-].[Tl+3]. The van der Waals surface area contributed by atoms with Gasteiger partial charge in [-0.1, -0.05) is 0 Å². The monoisotopic (exact) mass is 256 g/mol. The molecule has 0 bridgehead atoms. The molecule has 0 aliphatic rings. The summed E-state index contributed by atoms with van der Waals surface area (Å²) in [4.78, 5) is 0. The summed E-state index contributed by atoms with van der Waals surface area (Å²) in [5.74, 6) is 0. The van der Waals surface area contributed by atoms with Crippen LogP contribution in [0.3, 0.4) is 0 Å². The van der Waals surface area contributed by atoms with E-state index in [1.54, 1.807) is 0 Å². The van der Waals surface area contributed by atoms with Crippen molar-refractivity contribution in [2.45, 2.75) is 0 Å².